The summed E-state index contributed by atoms with van der Waals surface area (Å²) in [5.74, 6) is 0.866. The van der Waals surface area contributed by atoms with E-state index < -0.39 is 0 Å². The number of aryl methyl sites for hydroxylation is 2. The van der Waals surface area contributed by atoms with Gasteiger partial charge in [0.15, 0.2) is 5.65 Å². The van der Waals surface area contributed by atoms with Crippen molar-refractivity contribution in [1.82, 2.24) is 14.6 Å². The third-order valence-corrected chi connectivity index (χ3v) is 4.10. The summed E-state index contributed by atoms with van der Waals surface area (Å²) in [6.45, 7) is 6.46. The van der Waals surface area contributed by atoms with Gasteiger partial charge in [-0.1, -0.05) is 29.3 Å². The van der Waals surface area contributed by atoms with Gasteiger partial charge in [-0.05, 0) is 54.8 Å². The van der Waals surface area contributed by atoms with Crippen LogP contribution in [-0.4, -0.2) is 20.6 Å². The highest BCUT2D eigenvalue weighted by atomic mass is 79.9. The minimum absolute atomic E-state index is 0.304. The summed E-state index contributed by atoms with van der Waals surface area (Å²) in [5.41, 5.74) is 4.79. The molecule has 3 rings (SSSR count). The predicted molar refractivity (Wildman–Crippen MR) is 93.4 cm³/mol. The zero-order chi connectivity index (χ0) is 15.7. The Hall–Kier alpha value is -1.88. The largest absolute Gasteiger partial charge is 0.367 e. The van der Waals surface area contributed by atoms with Crippen LogP contribution in [0.3, 0.4) is 0 Å². The lowest BCUT2D eigenvalue weighted by atomic mass is 10.0. The summed E-state index contributed by atoms with van der Waals surface area (Å²) < 4.78 is 2.65. The van der Waals surface area contributed by atoms with E-state index in [1.165, 1.54) is 16.7 Å². The second-order valence-electron chi connectivity index (χ2n) is 5.82. The number of nitrogens with zero attached hydrogens (tertiary/aromatic N) is 3. The van der Waals surface area contributed by atoms with Crippen LogP contribution in [0.5, 0.6) is 0 Å². The van der Waals surface area contributed by atoms with Gasteiger partial charge in [0.25, 0.3) is 0 Å². The van der Waals surface area contributed by atoms with Crippen LogP contribution >= 0.6 is 15.9 Å². The number of benzene rings is 1. The normalized spacial score (nSPS) is 12.5. The number of nitrogens with one attached hydrogen (secondary N) is 1. The maximum absolute atomic E-state index is 4.59. The van der Waals surface area contributed by atoms with Gasteiger partial charge in [0.2, 0.25) is 0 Å². The second-order valence-corrected chi connectivity index (χ2v) is 6.67. The fraction of sp³-hybridized carbons (Fsp3) is 0.294. The Morgan fingerprint density at radius 1 is 1.23 bits per heavy atom. The molecule has 3 aromatic rings. The molecule has 4 nitrogen and oxygen atoms in total. The van der Waals surface area contributed by atoms with Gasteiger partial charge in [-0.3, -0.25) is 0 Å². The third-order valence-electron chi connectivity index (χ3n) is 3.54. The van der Waals surface area contributed by atoms with E-state index in [9.17, 15) is 0 Å². The second kappa shape index (κ2) is 6.08. The first-order valence-corrected chi connectivity index (χ1v) is 8.14. The summed E-state index contributed by atoms with van der Waals surface area (Å²) in [6.07, 6.45) is 4.64. The highest BCUT2D eigenvalue weighted by Crippen LogP contribution is 2.18. The Morgan fingerprint density at radius 2 is 1.95 bits per heavy atom. The number of fused-ring (bicyclic) bond motifs is 1. The van der Waals surface area contributed by atoms with Gasteiger partial charge in [-0.25, -0.2) is 9.50 Å². The van der Waals surface area contributed by atoms with E-state index in [0.29, 0.717) is 6.04 Å². The van der Waals surface area contributed by atoms with Crippen LogP contribution in [0.1, 0.15) is 23.6 Å². The highest BCUT2D eigenvalue weighted by Gasteiger charge is 2.08. The number of hydrogen-bond acceptors (Lipinski definition) is 3. The zero-order valence-corrected chi connectivity index (χ0v) is 14.6. The summed E-state index contributed by atoms with van der Waals surface area (Å²) in [7, 11) is 0. The average molecular weight is 359 g/mol. The van der Waals surface area contributed by atoms with Gasteiger partial charge >= 0.3 is 0 Å². The summed E-state index contributed by atoms with van der Waals surface area (Å²) in [5, 5.41) is 7.67. The number of hydrogen-bond donors (Lipinski definition) is 1. The molecule has 2 heterocycles. The Balaban J connectivity index is 1.74. The van der Waals surface area contributed by atoms with Crippen molar-refractivity contribution in [2.45, 2.75) is 33.2 Å². The fourth-order valence-corrected chi connectivity index (χ4v) is 3.13. The molecule has 0 spiro atoms. The zero-order valence-electron chi connectivity index (χ0n) is 13.0. The van der Waals surface area contributed by atoms with Crippen molar-refractivity contribution in [3.05, 3.63) is 57.8 Å². The first-order chi connectivity index (χ1) is 10.5. The van der Waals surface area contributed by atoms with Gasteiger partial charge in [0.1, 0.15) is 5.82 Å². The van der Waals surface area contributed by atoms with Gasteiger partial charge in [0.05, 0.1) is 10.7 Å². The lowest BCUT2D eigenvalue weighted by Crippen LogP contribution is -2.19. The molecule has 5 heteroatoms. The van der Waals surface area contributed by atoms with Gasteiger partial charge in [-0.2, -0.15) is 5.10 Å². The molecule has 1 unspecified atom stereocenters. The summed E-state index contributed by atoms with van der Waals surface area (Å²) in [6, 6.07) is 8.95. The van der Waals surface area contributed by atoms with Crippen molar-refractivity contribution in [1.29, 1.82) is 0 Å². The van der Waals surface area contributed by atoms with E-state index in [4.69, 9.17) is 0 Å². The van der Waals surface area contributed by atoms with Gasteiger partial charge in [-0.15, -0.1) is 0 Å². The molecule has 0 radical (unpaired) electrons. The Labute approximate surface area is 138 Å². The molecule has 114 valence electrons. The average Bonchev–Trinajstić information content (AvgIpc) is 2.79. The van der Waals surface area contributed by atoms with Gasteiger partial charge in [0, 0.05) is 12.2 Å². The van der Waals surface area contributed by atoms with Crippen LogP contribution in [-0.2, 0) is 6.42 Å². The maximum Gasteiger partial charge on any atom is 0.171 e. The van der Waals surface area contributed by atoms with Gasteiger partial charge < -0.3 is 5.32 Å². The summed E-state index contributed by atoms with van der Waals surface area (Å²) >= 11 is 3.46. The third kappa shape index (κ3) is 3.30. The molecule has 1 atom stereocenters. The maximum atomic E-state index is 4.59. The summed E-state index contributed by atoms with van der Waals surface area (Å²) in [4.78, 5) is 4.59. The molecular formula is C17H19BrN4. The molecule has 0 bridgehead atoms. The lowest BCUT2D eigenvalue weighted by Gasteiger charge is -2.15. The number of anilines is 1. The Kier molecular flexibility index (Phi) is 4.16. The number of rotatable bonds is 4. The van der Waals surface area contributed by atoms with Crippen molar-refractivity contribution in [3.63, 3.8) is 0 Å². The van der Waals surface area contributed by atoms with Crippen LogP contribution in [0.25, 0.3) is 5.65 Å². The van der Waals surface area contributed by atoms with Crippen molar-refractivity contribution in [2.75, 3.05) is 5.32 Å². The molecule has 0 amide bonds. The van der Waals surface area contributed by atoms with Crippen LogP contribution in [0, 0.1) is 13.8 Å². The highest BCUT2D eigenvalue weighted by molar-refractivity contribution is 9.10. The van der Waals surface area contributed by atoms with Crippen LogP contribution in [0.2, 0.25) is 0 Å². The SMILES string of the molecule is Cc1cc(C)cc(CC(C)Nc2ccn3ncc(Br)c3n2)c1. The molecule has 0 saturated heterocycles. The molecule has 2 aromatic heterocycles. The van der Waals surface area contributed by atoms with Crippen molar-refractivity contribution >= 4 is 27.4 Å². The lowest BCUT2D eigenvalue weighted by molar-refractivity contribution is 0.782. The first-order valence-electron chi connectivity index (χ1n) is 7.35. The van der Waals surface area contributed by atoms with E-state index in [2.05, 4.69) is 70.3 Å². The Morgan fingerprint density at radius 3 is 2.68 bits per heavy atom. The minimum Gasteiger partial charge on any atom is -0.367 e. The van der Waals surface area contributed by atoms with Crippen molar-refractivity contribution in [3.8, 4) is 0 Å². The first kappa shape index (κ1) is 15.0. The minimum atomic E-state index is 0.304. The molecule has 0 aliphatic heterocycles. The molecule has 0 fully saturated rings. The van der Waals surface area contributed by atoms with E-state index >= 15 is 0 Å². The molecule has 1 aromatic carbocycles. The molecule has 0 aliphatic carbocycles. The number of aromatic nitrogens is 3. The molecule has 0 aliphatic rings. The van der Waals surface area contributed by atoms with Crippen LogP contribution < -0.4 is 5.32 Å². The van der Waals surface area contributed by atoms with E-state index in [1.54, 1.807) is 10.7 Å². The number of halogens is 1. The fourth-order valence-electron chi connectivity index (χ4n) is 2.77. The van der Waals surface area contributed by atoms with Crippen molar-refractivity contribution in [2.24, 2.45) is 0 Å². The molecule has 22 heavy (non-hydrogen) atoms. The van der Waals surface area contributed by atoms with E-state index in [-0.39, 0.29) is 0 Å². The van der Waals surface area contributed by atoms with Crippen molar-refractivity contribution < 1.29 is 0 Å². The molecule has 1 N–H and O–H groups in total. The quantitative estimate of drug-likeness (QED) is 0.761. The monoisotopic (exact) mass is 358 g/mol. The molecule has 0 saturated carbocycles. The van der Waals surface area contributed by atoms with E-state index in [0.717, 1.165) is 22.4 Å². The standard InChI is InChI=1S/C17H19BrN4/c1-11-6-12(2)8-14(7-11)9-13(3)20-16-4-5-22-17(21-16)15(18)10-19-22/h4-8,10,13H,9H2,1-3H3,(H,20,21). The Bertz CT molecular complexity index is 789. The van der Waals surface area contributed by atoms with Crippen LogP contribution in [0.4, 0.5) is 5.82 Å². The molecular weight excluding hydrogens is 340 g/mol. The van der Waals surface area contributed by atoms with Crippen LogP contribution in [0.15, 0.2) is 41.1 Å². The topological polar surface area (TPSA) is 42.2 Å². The van der Waals surface area contributed by atoms with E-state index in [1.807, 2.05) is 12.3 Å². The predicted octanol–water partition coefficient (Wildman–Crippen LogP) is 4.15. The smallest absolute Gasteiger partial charge is 0.171 e.